The lowest BCUT2D eigenvalue weighted by atomic mass is 9.76. The Morgan fingerprint density at radius 1 is 1.38 bits per heavy atom. The van der Waals surface area contributed by atoms with Gasteiger partial charge in [-0.1, -0.05) is 17.7 Å². The molecule has 1 aliphatic carbocycles. The van der Waals surface area contributed by atoms with E-state index >= 15 is 0 Å². The fourth-order valence-electron chi connectivity index (χ4n) is 3.93. The third-order valence-corrected chi connectivity index (χ3v) is 5.83. The van der Waals surface area contributed by atoms with Crippen LogP contribution in [0.15, 0.2) is 29.2 Å². The molecule has 1 aromatic carbocycles. The Morgan fingerprint density at radius 3 is 2.62 bits per heavy atom. The number of aromatic carboxylic acids is 1. The minimum Gasteiger partial charge on any atom is -0.476 e. The summed E-state index contributed by atoms with van der Waals surface area (Å²) < 4.78 is 29.6. The summed E-state index contributed by atoms with van der Waals surface area (Å²) in [5, 5.41) is 14.2. The predicted octanol–water partition coefficient (Wildman–Crippen LogP) is 4.36. The number of nitrogens with zero attached hydrogens (tertiary/aromatic N) is 3. The lowest BCUT2D eigenvalue weighted by molar-refractivity contribution is -0.0866. The van der Waals surface area contributed by atoms with Crippen molar-refractivity contribution in [2.45, 2.75) is 45.1 Å². The van der Waals surface area contributed by atoms with E-state index in [1.54, 1.807) is 25.3 Å². The Hall–Kier alpha value is -2.74. The van der Waals surface area contributed by atoms with E-state index < -0.39 is 36.2 Å². The van der Waals surface area contributed by atoms with Gasteiger partial charge in [0.1, 0.15) is 5.52 Å². The number of aryl methyl sites for hydroxylation is 1. The molecule has 0 bridgehead atoms. The molecule has 9 heteroatoms. The minimum absolute atomic E-state index is 0.0409. The molecule has 2 aromatic heterocycles. The average molecular weight is 422 g/mol. The summed E-state index contributed by atoms with van der Waals surface area (Å²) in [7, 11) is 0. The van der Waals surface area contributed by atoms with Gasteiger partial charge in [-0.15, -0.1) is 0 Å². The number of alkyl halides is 2. The monoisotopic (exact) mass is 421 g/mol. The summed E-state index contributed by atoms with van der Waals surface area (Å²) in [6.07, 6.45) is 0.590. The molecule has 0 atom stereocenters. The van der Waals surface area contributed by atoms with E-state index in [9.17, 15) is 23.5 Å². The van der Waals surface area contributed by atoms with Gasteiger partial charge in [-0.2, -0.15) is 5.10 Å². The van der Waals surface area contributed by atoms with Crippen LogP contribution >= 0.6 is 11.6 Å². The van der Waals surface area contributed by atoms with Gasteiger partial charge in [0.2, 0.25) is 5.92 Å². The van der Waals surface area contributed by atoms with Gasteiger partial charge in [0.05, 0.1) is 11.9 Å². The fourth-order valence-corrected chi connectivity index (χ4v) is 4.05. The Morgan fingerprint density at radius 2 is 2.07 bits per heavy atom. The molecule has 1 saturated carbocycles. The Balaban J connectivity index is 1.99. The second kappa shape index (κ2) is 6.66. The molecule has 0 saturated heterocycles. The van der Waals surface area contributed by atoms with Crippen molar-refractivity contribution in [3.63, 3.8) is 0 Å². The second-order valence-electron chi connectivity index (χ2n) is 7.35. The number of halogens is 3. The molecule has 1 aliphatic rings. The molecule has 0 unspecified atom stereocenters. The molecule has 29 heavy (non-hydrogen) atoms. The van der Waals surface area contributed by atoms with Crippen molar-refractivity contribution in [2.75, 3.05) is 0 Å². The molecule has 0 radical (unpaired) electrons. The Bertz CT molecular complexity index is 1210. The Kier molecular flexibility index (Phi) is 4.49. The molecule has 3 aromatic rings. The zero-order valence-electron chi connectivity index (χ0n) is 15.7. The largest absolute Gasteiger partial charge is 0.476 e. The van der Waals surface area contributed by atoms with E-state index in [1.807, 2.05) is 13.0 Å². The van der Waals surface area contributed by atoms with E-state index in [1.165, 1.54) is 9.08 Å². The van der Waals surface area contributed by atoms with Gasteiger partial charge in [-0.3, -0.25) is 4.79 Å². The van der Waals surface area contributed by atoms with Gasteiger partial charge in [0.25, 0.3) is 5.56 Å². The number of aromatic nitrogens is 3. The van der Waals surface area contributed by atoms with Crippen LogP contribution in [0.4, 0.5) is 8.78 Å². The lowest BCUT2D eigenvalue weighted by Gasteiger charge is -2.34. The zero-order valence-corrected chi connectivity index (χ0v) is 16.5. The molecular weight excluding hydrogens is 404 g/mol. The quantitative estimate of drug-likeness (QED) is 0.679. The standard InChI is InChI=1S/C20H18ClF2N3O3/c1-3-25-14(11-4-5-13(21)10(2)6-11)9-26-17(18(25)27)15(16(24-26)19(28)29)12-7-20(22,23)8-12/h4-6,9,12H,3,7-8H2,1-2H3,(H,28,29). The first-order valence-electron chi connectivity index (χ1n) is 9.16. The molecule has 0 aliphatic heterocycles. The van der Waals surface area contributed by atoms with Crippen molar-refractivity contribution in [1.29, 1.82) is 0 Å². The topological polar surface area (TPSA) is 76.6 Å². The maximum atomic E-state index is 13.4. The van der Waals surface area contributed by atoms with Gasteiger partial charge in [0.15, 0.2) is 5.69 Å². The third-order valence-electron chi connectivity index (χ3n) is 5.40. The van der Waals surface area contributed by atoms with Crippen LogP contribution in [0.2, 0.25) is 5.02 Å². The second-order valence-corrected chi connectivity index (χ2v) is 7.76. The van der Waals surface area contributed by atoms with Crippen molar-refractivity contribution < 1.29 is 18.7 Å². The first-order valence-corrected chi connectivity index (χ1v) is 9.54. The predicted molar refractivity (Wildman–Crippen MR) is 104 cm³/mol. The average Bonchev–Trinajstić information content (AvgIpc) is 3.01. The van der Waals surface area contributed by atoms with Gasteiger partial charge >= 0.3 is 5.97 Å². The van der Waals surface area contributed by atoms with Gasteiger partial charge in [0, 0.05) is 41.5 Å². The molecule has 1 N–H and O–H groups in total. The van der Waals surface area contributed by atoms with Crippen LogP contribution in [0.3, 0.4) is 0 Å². The Labute approximate surface area is 169 Å². The van der Waals surface area contributed by atoms with E-state index in [0.29, 0.717) is 17.3 Å². The molecule has 2 heterocycles. The molecule has 6 nitrogen and oxygen atoms in total. The highest BCUT2D eigenvalue weighted by Crippen LogP contribution is 2.49. The number of carboxylic acids is 1. The summed E-state index contributed by atoms with van der Waals surface area (Å²) >= 11 is 6.09. The maximum absolute atomic E-state index is 13.4. The smallest absolute Gasteiger partial charge is 0.356 e. The van der Waals surface area contributed by atoms with E-state index in [-0.39, 0.29) is 16.8 Å². The van der Waals surface area contributed by atoms with E-state index in [0.717, 1.165) is 11.1 Å². The number of hydrogen-bond donors (Lipinski definition) is 1. The van der Waals surface area contributed by atoms with Crippen LogP contribution in [0, 0.1) is 6.92 Å². The van der Waals surface area contributed by atoms with Gasteiger partial charge in [-0.05, 0) is 31.5 Å². The summed E-state index contributed by atoms with van der Waals surface area (Å²) in [5.74, 6) is -4.90. The van der Waals surface area contributed by atoms with Crippen molar-refractivity contribution in [3.05, 3.63) is 56.6 Å². The molecule has 152 valence electrons. The number of fused-ring (bicyclic) bond motifs is 1. The number of hydrogen-bond acceptors (Lipinski definition) is 3. The summed E-state index contributed by atoms with van der Waals surface area (Å²) in [4.78, 5) is 25.0. The SMILES string of the molecule is CCn1c(-c2ccc(Cl)c(C)c2)cn2nc(C(=O)O)c(C3CC(F)(F)C3)c2c1=O. The number of rotatable bonds is 4. The summed E-state index contributed by atoms with van der Waals surface area (Å²) in [6.45, 7) is 3.94. The van der Waals surface area contributed by atoms with Gasteiger partial charge < -0.3 is 9.67 Å². The highest BCUT2D eigenvalue weighted by molar-refractivity contribution is 6.31. The van der Waals surface area contributed by atoms with Crippen molar-refractivity contribution in [2.24, 2.45) is 0 Å². The van der Waals surface area contributed by atoms with Crippen LogP contribution in [0.25, 0.3) is 16.8 Å². The summed E-state index contributed by atoms with van der Waals surface area (Å²) in [6, 6.07) is 5.30. The van der Waals surface area contributed by atoms with Crippen LogP contribution in [0.5, 0.6) is 0 Å². The first kappa shape index (κ1) is 19.6. The minimum atomic E-state index is -2.85. The fraction of sp³-hybridized carbons (Fsp3) is 0.350. The highest BCUT2D eigenvalue weighted by atomic mass is 35.5. The molecule has 4 rings (SSSR count). The third kappa shape index (κ3) is 3.11. The van der Waals surface area contributed by atoms with Crippen molar-refractivity contribution >= 4 is 23.1 Å². The lowest BCUT2D eigenvalue weighted by Crippen LogP contribution is -2.35. The molecule has 0 spiro atoms. The maximum Gasteiger partial charge on any atom is 0.356 e. The normalized spacial score (nSPS) is 16.2. The summed E-state index contributed by atoms with van der Waals surface area (Å²) in [5.41, 5.74) is 1.40. The van der Waals surface area contributed by atoms with Gasteiger partial charge in [-0.25, -0.2) is 18.1 Å². The number of benzene rings is 1. The van der Waals surface area contributed by atoms with E-state index in [2.05, 4.69) is 5.10 Å². The molecule has 1 fully saturated rings. The number of carbonyl (C=O) groups is 1. The van der Waals surface area contributed by atoms with Crippen molar-refractivity contribution in [3.8, 4) is 11.3 Å². The molecular formula is C20H18ClF2N3O3. The van der Waals surface area contributed by atoms with E-state index in [4.69, 9.17) is 11.6 Å². The number of carboxylic acid groups (broad SMARTS) is 1. The van der Waals surface area contributed by atoms with Crippen LogP contribution < -0.4 is 5.56 Å². The van der Waals surface area contributed by atoms with Crippen LogP contribution in [-0.4, -0.2) is 31.2 Å². The first-order chi connectivity index (χ1) is 13.6. The van der Waals surface area contributed by atoms with Crippen LogP contribution in [-0.2, 0) is 6.54 Å². The van der Waals surface area contributed by atoms with Crippen LogP contribution in [0.1, 0.15) is 47.3 Å². The zero-order chi connectivity index (χ0) is 21.1. The van der Waals surface area contributed by atoms with Crippen molar-refractivity contribution in [1.82, 2.24) is 14.2 Å². The highest BCUT2D eigenvalue weighted by Gasteiger charge is 2.48. The molecule has 0 amide bonds.